The van der Waals surface area contributed by atoms with Gasteiger partial charge in [-0.1, -0.05) is 6.07 Å². The van der Waals surface area contributed by atoms with Crippen molar-refractivity contribution in [1.29, 1.82) is 0 Å². The van der Waals surface area contributed by atoms with Crippen LogP contribution < -0.4 is 21.7 Å². The summed E-state index contributed by atoms with van der Waals surface area (Å²) in [5.41, 5.74) is 3.98. The van der Waals surface area contributed by atoms with Gasteiger partial charge < -0.3 is 15.2 Å². The lowest BCUT2D eigenvalue weighted by Crippen LogP contribution is -2.42. The van der Waals surface area contributed by atoms with E-state index in [4.69, 9.17) is 15.2 Å². The number of nitrogens with two attached hydrogens (primary N) is 1. The van der Waals surface area contributed by atoms with E-state index in [0.29, 0.717) is 5.56 Å². The molecule has 0 saturated carbocycles. The SMILES string of the molecule is COc1ccc(CC(=O)OCC(=O)c2c(N)n(C)c(=O)n(C)c2=O)cc1F. The van der Waals surface area contributed by atoms with Crippen LogP contribution in [0.15, 0.2) is 27.8 Å². The molecule has 2 aromatic rings. The lowest BCUT2D eigenvalue weighted by molar-refractivity contribution is -0.141. The molecule has 10 heteroatoms. The molecule has 0 aliphatic heterocycles. The maximum Gasteiger partial charge on any atom is 0.332 e. The molecule has 2 rings (SSSR count). The number of esters is 1. The summed E-state index contributed by atoms with van der Waals surface area (Å²) in [5.74, 6) is -2.57. The van der Waals surface area contributed by atoms with E-state index in [2.05, 4.69) is 0 Å². The quantitative estimate of drug-likeness (QED) is 0.544. The highest BCUT2D eigenvalue weighted by Gasteiger charge is 2.21. The molecule has 1 aromatic carbocycles. The van der Waals surface area contributed by atoms with Crippen molar-refractivity contribution in [2.45, 2.75) is 6.42 Å². The second-order valence-electron chi connectivity index (χ2n) is 5.70. The average molecular weight is 379 g/mol. The first-order chi connectivity index (χ1) is 12.7. The van der Waals surface area contributed by atoms with Crippen LogP contribution in [0.1, 0.15) is 15.9 Å². The zero-order chi connectivity index (χ0) is 20.3. The van der Waals surface area contributed by atoms with Gasteiger partial charge in [-0.25, -0.2) is 9.18 Å². The zero-order valence-corrected chi connectivity index (χ0v) is 14.9. The molecule has 0 radical (unpaired) electrons. The summed E-state index contributed by atoms with van der Waals surface area (Å²) in [7, 11) is 3.82. The van der Waals surface area contributed by atoms with Crippen molar-refractivity contribution in [3.8, 4) is 5.75 Å². The number of halogens is 1. The van der Waals surface area contributed by atoms with Crippen LogP contribution in [0.25, 0.3) is 0 Å². The first-order valence-corrected chi connectivity index (χ1v) is 7.74. The predicted molar refractivity (Wildman–Crippen MR) is 93.3 cm³/mol. The van der Waals surface area contributed by atoms with Crippen LogP contribution >= 0.6 is 0 Å². The Hall–Kier alpha value is -3.43. The molecule has 2 N–H and O–H groups in total. The number of benzene rings is 1. The van der Waals surface area contributed by atoms with Gasteiger partial charge in [-0.3, -0.25) is 23.5 Å². The number of hydrogen-bond acceptors (Lipinski definition) is 7. The van der Waals surface area contributed by atoms with Crippen LogP contribution in [-0.4, -0.2) is 34.6 Å². The van der Waals surface area contributed by atoms with Gasteiger partial charge in [0.25, 0.3) is 5.56 Å². The Morgan fingerprint density at radius 1 is 1.19 bits per heavy atom. The van der Waals surface area contributed by atoms with Gasteiger partial charge in [0.1, 0.15) is 11.4 Å². The summed E-state index contributed by atoms with van der Waals surface area (Å²) in [4.78, 5) is 47.9. The van der Waals surface area contributed by atoms with Gasteiger partial charge in [-0.05, 0) is 17.7 Å². The van der Waals surface area contributed by atoms with Crippen molar-refractivity contribution in [1.82, 2.24) is 9.13 Å². The van der Waals surface area contributed by atoms with Gasteiger partial charge in [0.15, 0.2) is 18.2 Å². The Balaban J connectivity index is 2.10. The Kier molecular flexibility index (Phi) is 5.78. The average Bonchev–Trinajstić information content (AvgIpc) is 2.63. The maximum absolute atomic E-state index is 13.6. The molecule has 0 saturated heterocycles. The Morgan fingerprint density at radius 3 is 2.44 bits per heavy atom. The third-order valence-electron chi connectivity index (χ3n) is 3.92. The molecular weight excluding hydrogens is 361 g/mol. The standard InChI is InChI=1S/C17H18FN3O6/c1-20-15(19)14(16(24)21(2)17(20)25)11(22)8-27-13(23)7-9-4-5-12(26-3)10(18)6-9/h4-6H,7-8,19H2,1-3H3. The number of ether oxygens (including phenoxy) is 2. The summed E-state index contributed by atoms with van der Waals surface area (Å²) in [5, 5.41) is 0. The largest absolute Gasteiger partial charge is 0.494 e. The minimum absolute atomic E-state index is 0.0308. The number of aromatic nitrogens is 2. The first kappa shape index (κ1) is 19.9. The van der Waals surface area contributed by atoms with E-state index in [1.807, 2.05) is 0 Å². The zero-order valence-electron chi connectivity index (χ0n) is 14.9. The van der Waals surface area contributed by atoms with Crippen molar-refractivity contribution in [2.24, 2.45) is 14.1 Å². The van der Waals surface area contributed by atoms with Crippen molar-refractivity contribution in [3.63, 3.8) is 0 Å². The fourth-order valence-electron chi connectivity index (χ4n) is 2.38. The molecule has 0 bridgehead atoms. The van der Waals surface area contributed by atoms with Crippen molar-refractivity contribution in [2.75, 3.05) is 19.5 Å². The number of rotatable bonds is 6. The molecule has 1 aromatic heterocycles. The summed E-state index contributed by atoms with van der Waals surface area (Å²) >= 11 is 0. The predicted octanol–water partition coefficient (Wildman–Crippen LogP) is -0.218. The van der Waals surface area contributed by atoms with Crippen LogP contribution in [0.5, 0.6) is 5.75 Å². The fourth-order valence-corrected chi connectivity index (χ4v) is 2.38. The molecule has 0 atom stereocenters. The highest BCUT2D eigenvalue weighted by atomic mass is 19.1. The van der Waals surface area contributed by atoms with E-state index >= 15 is 0 Å². The maximum atomic E-state index is 13.6. The van der Waals surface area contributed by atoms with E-state index in [-0.39, 0.29) is 18.0 Å². The van der Waals surface area contributed by atoms with E-state index in [0.717, 1.165) is 15.2 Å². The fraction of sp³-hybridized carbons (Fsp3) is 0.294. The third-order valence-corrected chi connectivity index (χ3v) is 3.92. The van der Waals surface area contributed by atoms with Gasteiger partial charge in [-0.2, -0.15) is 0 Å². The Morgan fingerprint density at radius 2 is 1.85 bits per heavy atom. The molecule has 0 spiro atoms. The highest BCUT2D eigenvalue weighted by molar-refractivity contribution is 6.01. The minimum atomic E-state index is -0.881. The monoisotopic (exact) mass is 379 g/mol. The third kappa shape index (κ3) is 4.05. The van der Waals surface area contributed by atoms with Crippen molar-refractivity contribution < 1.29 is 23.5 Å². The van der Waals surface area contributed by atoms with E-state index in [1.54, 1.807) is 0 Å². The Labute approximate surface area is 152 Å². The van der Waals surface area contributed by atoms with Crippen LogP contribution in [0.4, 0.5) is 10.2 Å². The van der Waals surface area contributed by atoms with Crippen LogP contribution in [-0.2, 0) is 30.0 Å². The molecule has 0 aliphatic carbocycles. The van der Waals surface area contributed by atoms with Gasteiger partial charge in [0, 0.05) is 14.1 Å². The number of carbonyl (C=O) groups excluding carboxylic acids is 2. The molecule has 9 nitrogen and oxygen atoms in total. The second kappa shape index (κ2) is 7.85. The molecule has 1 heterocycles. The minimum Gasteiger partial charge on any atom is -0.494 e. The number of hydrogen-bond donors (Lipinski definition) is 1. The highest BCUT2D eigenvalue weighted by Crippen LogP contribution is 2.18. The number of methoxy groups -OCH3 is 1. The number of anilines is 1. The van der Waals surface area contributed by atoms with Gasteiger partial charge in [-0.15, -0.1) is 0 Å². The summed E-state index contributed by atoms with van der Waals surface area (Å²) in [6.45, 7) is -0.741. The second-order valence-corrected chi connectivity index (χ2v) is 5.70. The lowest BCUT2D eigenvalue weighted by atomic mass is 10.1. The van der Waals surface area contributed by atoms with Gasteiger partial charge >= 0.3 is 11.7 Å². The number of carbonyl (C=O) groups is 2. The van der Waals surface area contributed by atoms with Crippen LogP contribution in [0.3, 0.4) is 0 Å². The first-order valence-electron chi connectivity index (χ1n) is 7.74. The number of Topliss-reactive ketones (excluding diaryl/α,β-unsaturated/α-hetero) is 1. The molecular formula is C17H18FN3O6. The summed E-state index contributed by atoms with van der Waals surface area (Å²) in [6, 6.07) is 3.95. The summed E-state index contributed by atoms with van der Waals surface area (Å²) in [6.07, 6.45) is -0.283. The molecule has 0 amide bonds. The van der Waals surface area contributed by atoms with Crippen LogP contribution in [0.2, 0.25) is 0 Å². The molecule has 0 unspecified atom stereocenters. The van der Waals surface area contributed by atoms with Crippen molar-refractivity contribution >= 4 is 17.6 Å². The van der Waals surface area contributed by atoms with E-state index in [1.165, 1.54) is 33.3 Å². The number of ketones is 1. The molecule has 144 valence electrons. The smallest absolute Gasteiger partial charge is 0.332 e. The Bertz CT molecular complexity index is 1020. The van der Waals surface area contributed by atoms with Gasteiger partial charge in [0.2, 0.25) is 5.78 Å². The number of nitrogen functional groups attached to an aromatic ring is 1. The lowest BCUT2D eigenvalue weighted by Gasteiger charge is -2.11. The van der Waals surface area contributed by atoms with E-state index in [9.17, 15) is 23.6 Å². The van der Waals surface area contributed by atoms with E-state index < -0.39 is 41.0 Å². The molecule has 0 fully saturated rings. The van der Waals surface area contributed by atoms with Gasteiger partial charge in [0.05, 0.1) is 13.5 Å². The topological polar surface area (TPSA) is 123 Å². The molecule has 27 heavy (non-hydrogen) atoms. The van der Waals surface area contributed by atoms with Crippen LogP contribution in [0, 0.1) is 5.82 Å². The number of nitrogens with zero attached hydrogens (tertiary/aromatic N) is 2. The molecule has 0 aliphatic rings. The van der Waals surface area contributed by atoms with Crippen molar-refractivity contribution in [3.05, 3.63) is 56.0 Å². The normalized spacial score (nSPS) is 10.5. The summed E-state index contributed by atoms with van der Waals surface area (Å²) < 4.78 is 24.9.